The summed E-state index contributed by atoms with van der Waals surface area (Å²) in [5.74, 6) is -0.427. The molecule has 134 valence electrons. The number of fused-ring (bicyclic) bond motifs is 1. The molecule has 26 heavy (non-hydrogen) atoms. The number of aryl methyl sites for hydroxylation is 2. The van der Waals surface area contributed by atoms with E-state index in [9.17, 15) is 4.79 Å². The Morgan fingerprint density at radius 1 is 1.15 bits per heavy atom. The van der Waals surface area contributed by atoms with Crippen LogP contribution in [0.4, 0.5) is 11.4 Å². The van der Waals surface area contributed by atoms with Crippen molar-refractivity contribution in [2.45, 2.75) is 20.8 Å². The second kappa shape index (κ2) is 7.52. The number of aromatic nitrogens is 1. The van der Waals surface area contributed by atoms with E-state index in [0.29, 0.717) is 21.3 Å². The topological polar surface area (TPSA) is 51.2 Å². The number of esters is 1. The van der Waals surface area contributed by atoms with E-state index in [1.54, 1.807) is 31.3 Å². The molecule has 6 heteroatoms. The van der Waals surface area contributed by atoms with Gasteiger partial charge in [0.1, 0.15) is 5.56 Å². The van der Waals surface area contributed by atoms with Gasteiger partial charge < -0.3 is 10.1 Å². The monoisotopic (exact) mass is 388 g/mol. The quantitative estimate of drug-likeness (QED) is 0.550. The van der Waals surface area contributed by atoms with Crippen LogP contribution in [0.3, 0.4) is 0 Å². The van der Waals surface area contributed by atoms with Crippen molar-refractivity contribution >= 4 is 51.4 Å². The van der Waals surface area contributed by atoms with Crippen molar-refractivity contribution in [1.29, 1.82) is 0 Å². The summed E-state index contributed by atoms with van der Waals surface area (Å²) < 4.78 is 5.19. The highest BCUT2D eigenvalue weighted by Crippen LogP contribution is 2.33. The van der Waals surface area contributed by atoms with Crippen LogP contribution in [-0.4, -0.2) is 17.6 Å². The van der Waals surface area contributed by atoms with Gasteiger partial charge in [0, 0.05) is 17.3 Å². The first-order valence-corrected chi connectivity index (χ1v) is 8.95. The fourth-order valence-corrected chi connectivity index (χ4v) is 3.18. The molecule has 0 bridgehead atoms. The van der Waals surface area contributed by atoms with Gasteiger partial charge in [0.2, 0.25) is 0 Å². The van der Waals surface area contributed by atoms with Gasteiger partial charge in [0.25, 0.3) is 0 Å². The van der Waals surface area contributed by atoms with E-state index in [-0.39, 0.29) is 6.61 Å². The van der Waals surface area contributed by atoms with E-state index in [1.807, 2.05) is 19.9 Å². The molecule has 0 atom stereocenters. The minimum Gasteiger partial charge on any atom is -0.462 e. The van der Waals surface area contributed by atoms with Gasteiger partial charge in [-0.05, 0) is 50.6 Å². The lowest BCUT2D eigenvalue weighted by atomic mass is 10.0. The molecule has 0 spiro atoms. The van der Waals surface area contributed by atoms with Gasteiger partial charge in [-0.25, -0.2) is 4.79 Å². The van der Waals surface area contributed by atoms with Gasteiger partial charge >= 0.3 is 5.97 Å². The summed E-state index contributed by atoms with van der Waals surface area (Å²) in [6, 6.07) is 9.28. The van der Waals surface area contributed by atoms with Gasteiger partial charge in [-0.15, -0.1) is 0 Å². The van der Waals surface area contributed by atoms with Crippen LogP contribution in [0.1, 0.15) is 28.4 Å². The van der Waals surface area contributed by atoms with Crippen molar-refractivity contribution in [3.8, 4) is 0 Å². The van der Waals surface area contributed by atoms with E-state index in [2.05, 4.69) is 16.4 Å². The second-order valence-electron chi connectivity index (χ2n) is 6.00. The molecule has 1 aromatic heterocycles. The van der Waals surface area contributed by atoms with E-state index >= 15 is 0 Å². The average Bonchev–Trinajstić information content (AvgIpc) is 2.58. The Morgan fingerprint density at radius 2 is 1.92 bits per heavy atom. The normalized spacial score (nSPS) is 10.8. The third-order valence-electron chi connectivity index (χ3n) is 3.99. The lowest BCUT2D eigenvalue weighted by molar-refractivity contribution is 0.0527. The molecule has 1 heterocycles. The number of nitrogens with one attached hydrogen (secondary N) is 1. The summed E-state index contributed by atoms with van der Waals surface area (Å²) >= 11 is 12.1. The van der Waals surface area contributed by atoms with Gasteiger partial charge in [-0.3, -0.25) is 4.98 Å². The first-order valence-electron chi connectivity index (χ1n) is 8.20. The number of carbonyl (C=O) groups is 1. The molecular formula is C20H18Cl2N2O2. The Balaban J connectivity index is 2.22. The lowest BCUT2D eigenvalue weighted by Crippen LogP contribution is -2.09. The van der Waals surface area contributed by atoms with Crippen LogP contribution in [0.25, 0.3) is 10.9 Å². The molecule has 0 aliphatic carbocycles. The molecule has 0 unspecified atom stereocenters. The molecule has 4 nitrogen and oxygen atoms in total. The van der Waals surface area contributed by atoms with Gasteiger partial charge in [-0.1, -0.05) is 34.8 Å². The van der Waals surface area contributed by atoms with Gasteiger partial charge in [-0.2, -0.15) is 0 Å². The SMILES string of the molecule is CCOC(=O)c1cnc2c(C)cc(C)cc2c1Nc1ccc(Cl)c(Cl)c1. The van der Waals surface area contributed by atoms with Crippen LogP contribution in [0.2, 0.25) is 10.0 Å². The molecule has 0 saturated heterocycles. The summed E-state index contributed by atoms with van der Waals surface area (Å²) in [5, 5.41) is 5.04. The molecule has 0 amide bonds. The van der Waals surface area contributed by atoms with Crippen molar-refractivity contribution < 1.29 is 9.53 Å². The summed E-state index contributed by atoms with van der Waals surface area (Å²) in [7, 11) is 0. The van der Waals surface area contributed by atoms with E-state index in [1.165, 1.54) is 0 Å². The molecule has 2 aromatic carbocycles. The zero-order valence-corrected chi connectivity index (χ0v) is 16.2. The maximum atomic E-state index is 12.4. The van der Waals surface area contributed by atoms with Crippen molar-refractivity contribution in [2.75, 3.05) is 11.9 Å². The molecule has 1 N–H and O–H groups in total. The Kier molecular flexibility index (Phi) is 5.35. The zero-order valence-electron chi connectivity index (χ0n) is 14.7. The Morgan fingerprint density at radius 3 is 2.62 bits per heavy atom. The largest absolute Gasteiger partial charge is 0.462 e. The first kappa shape index (κ1) is 18.5. The third kappa shape index (κ3) is 3.62. The summed E-state index contributed by atoms with van der Waals surface area (Å²) in [5.41, 5.74) is 4.67. The molecule has 0 radical (unpaired) electrons. The number of hydrogen-bond acceptors (Lipinski definition) is 4. The fourth-order valence-electron chi connectivity index (χ4n) is 2.88. The first-order chi connectivity index (χ1) is 12.4. The van der Waals surface area contributed by atoms with Gasteiger partial charge in [0.15, 0.2) is 0 Å². The Labute approximate surface area is 162 Å². The summed E-state index contributed by atoms with van der Waals surface area (Å²) in [4.78, 5) is 16.9. The molecule has 3 rings (SSSR count). The Bertz CT molecular complexity index is 1000. The number of pyridine rings is 1. The van der Waals surface area contributed by atoms with E-state index in [4.69, 9.17) is 27.9 Å². The number of anilines is 2. The van der Waals surface area contributed by atoms with Crippen molar-refractivity contribution in [1.82, 2.24) is 4.98 Å². The minimum absolute atomic E-state index is 0.288. The third-order valence-corrected chi connectivity index (χ3v) is 4.73. The number of benzene rings is 2. The number of halogens is 2. The molecule has 0 saturated carbocycles. The maximum Gasteiger partial charge on any atom is 0.341 e. The van der Waals surface area contributed by atoms with E-state index < -0.39 is 5.97 Å². The Hall–Kier alpha value is -2.30. The number of nitrogens with zero attached hydrogens (tertiary/aromatic N) is 1. The van der Waals surface area contributed by atoms with Crippen LogP contribution in [0, 0.1) is 13.8 Å². The van der Waals surface area contributed by atoms with Crippen molar-refractivity contribution in [2.24, 2.45) is 0 Å². The van der Waals surface area contributed by atoms with Crippen LogP contribution < -0.4 is 5.32 Å². The van der Waals surface area contributed by atoms with Crippen molar-refractivity contribution in [3.05, 3.63) is 63.3 Å². The smallest absolute Gasteiger partial charge is 0.341 e. The van der Waals surface area contributed by atoms with E-state index in [0.717, 1.165) is 27.7 Å². The number of rotatable bonds is 4. The second-order valence-corrected chi connectivity index (χ2v) is 6.81. The molecule has 0 aliphatic rings. The standard InChI is InChI=1S/C20H18Cl2N2O2/c1-4-26-20(25)15-10-23-18-12(3)7-11(2)8-14(18)19(15)24-13-5-6-16(21)17(22)9-13/h5-10H,4H2,1-3H3,(H,23,24). The van der Waals surface area contributed by atoms with Gasteiger partial charge in [0.05, 0.1) is 27.9 Å². The molecule has 3 aromatic rings. The highest BCUT2D eigenvalue weighted by Gasteiger charge is 2.18. The summed E-state index contributed by atoms with van der Waals surface area (Å²) in [6.07, 6.45) is 1.54. The number of carbonyl (C=O) groups excluding carboxylic acids is 1. The van der Waals surface area contributed by atoms with Crippen LogP contribution in [-0.2, 0) is 4.74 Å². The zero-order chi connectivity index (χ0) is 18.8. The predicted molar refractivity (Wildman–Crippen MR) is 107 cm³/mol. The van der Waals surface area contributed by atoms with Crippen LogP contribution >= 0.6 is 23.2 Å². The molecule has 0 fully saturated rings. The summed E-state index contributed by atoms with van der Waals surface area (Å²) in [6.45, 7) is 6.06. The highest BCUT2D eigenvalue weighted by atomic mass is 35.5. The highest BCUT2D eigenvalue weighted by molar-refractivity contribution is 6.42. The molecule has 0 aliphatic heterocycles. The van der Waals surface area contributed by atoms with Crippen LogP contribution in [0.15, 0.2) is 36.5 Å². The average molecular weight is 389 g/mol. The lowest BCUT2D eigenvalue weighted by Gasteiger charge is -2.16. The molecular weight excluding hydrogens is 371 g/mol. The van der Waals surface area contributed by atoms with Crippen LogP contribution in [0.5, 0.6) is 0 Å². The predicted octanol–water partition coefficient (Wildman–Crippen LogP) is 6.08. The minimum atomic E-state index is -0.427. The fraction of sp³-hybridized carbons (Fsp3) is 0.200. The number of hydrogen-bond donors (Lipinski definition) is 1. The van der Waals surface area contributed by atoms with Crippen molar-refractivity contribution in [3.63, 3.8) is 0 Å². The maximum absolute atomic E-state index is 12.4. The number of ether oxygens (including phenoxy) is 1.